The first kappa shape index (κ1) is 22.8. The van der Waals surface area contributed by atoms with Gasteiger partial charge >= 0.3 is 6.18 Å². The first-order chi connectivity index (χ1) is 16.2. The number of carbonyl (C=O) groups is 1. The summed E-state index contributed by atoms with van der Waals surface area (Å²) in [6.07, 6.45) is 0.360. The predicted molar refractivity (Wildman–Crippen MR) is 123 cm³/mol. The Bertz CT molecular complexity index is 1170. The maximum absolute atomic E-state index is 12.9. The monoisotopic (exact) mass is 472 g/mol. The molecule has 5 rings (SSSR count). The number of fused-ring (bicyclic) bond motifs is 1. The molecular formula is C26H27F3N2O3. The number of hydrogen-bond acceptors (Lipinski definition) is 3. The standard InChI is InChI=1S/C26H27F3N2O3/c1-25(8-10-33-11-9-25)24(32)31-23-15-30-22-7-6-19(14-21(22)23)34-20-12-17(13-20)16-2-4-18(5-3-16)26(27,28)29/h2-7,14-15,17,20,30H,8-13H2,1H3,(H,31,32)/t17-,20-. The van der Waals surface area contributed by atoms with E-state index in [-0.39, 0.29) is 17.9 Å². The number of aromatic amines is 1. The molecule has 8 heteroatoms. The first-order valence-corrected chi connectivity index (χ1v) is 11.6. The Morgan fingerprint density at radius 1 is 1.12 bits per heavy atom. The largest absolute Gasteiger partial charge is 0.490 e. The Hall–Kier alpha value is -3.00. The van der Waals surface area contributed by atoms with Gasteiger partial charge in [-0.05, 0) is 67.5 Å². The highest BCUT2D eigenvalue weighted by Gasteiger charge is 2.36. The van der Waals surface area contributed by atoms with Crippen molar-refractivity contribution in [2.45, 2.75) is 50.8 Å². The van der Waals surface area contributed by atoms with Crippen LogP contribution >= 0.6 is 0 Å². The molecule has 1 amide bonds. The lowest BCUT2D eigenvalue weighted by Gasteiger charge is -2.36. The number of hydrogen-bond donors (Lipinski definition) is 2. The third-order valence-electron chi connectivity index (χ3n) is 7.15. The van der Waals surface area contributed by atoms with Crippen LogP contribution in [0.4, 0.5) is 18.9 Å². The second-order valence-electron chi connectivity index (χ2n) is 9.56. The Morgan fingerprint density at radius 3 is 2.50 bits per heavy atom. The summed E-state index contributed by atoms with van der Waals surface area (Å²) in [5.74, 6) is 0.885. The highest BCUT2D eigenvalue weighted by atomic mass is 19.4. The minimum atomic E-state index is -4.32. The van der Waals surface area contributed by atoms with Gasteiger partial charge in [-0.1, -0.05) is 19.1 Å². The van der Waals surface area contributed by atoms with Crippen LogP contribution in [-0.2, 0) is 15.7 Å². The van der Waals surface area contributed by atoms with Gasteiger partial charge in [0, 0.05) is 30.3 Å². The number of halogens is 3. The number of aromatic nitrogens is 1. The molecule has 0 atom stereocenters. The van der Waals surface area contributed by atoms with Crippen molar-refractivity contribution in [1.82, 2.24) is 4.98 Å². The van der Waals surface area contributed by atoms with Gasteiger partial charge in [0.1, 0.15) is 5.75 Å². The highest BCUT2D eigenvalue weighted by molar-refractivity contribution is 6.03. The second-order valence-corrected chi connectivity index (χ2v) is 9.56. The highest BCUT2D eigenvalue weighted by Crippen LogP contribution is 2.41. The second kappa shape index (κ2) is 8.65. The summed E-state index contributed by atoms with van der Waals surface area (Å²) in [5, 5.41) is 3.94. The van der Waals surface area contributed by atoms with Gasteiger partial charge in [-0.2, -0.15) is 13.2 Å². The fourth-order valence-corrected chi connectivity index (χ4v) is 4.67. The van der Waals surface area contributed by atoms with Crippen LogP contribution in [0.3, 0.4) is 0 Å². The van der Waals surface area contributed by atoms with E-state index in [9.17, 15) is 18.0 Å². The molecule has 2 aliphatic rings. The van der Waals surface area contributed by atoms with E-state index >= 15 is 0 Å². The number of alkyl halides is 3. The number of benzene rings is 2. The number of nitrogens with one attached hydrogen (secondary N) is 2. The molecule has 1 saturated heterocycles. The summed E-state index contributed by atoms with van der Waals surface area (Å²) < 4.78 is 49.8. The number of anilines is 1. The van der Waals surface area contributed by atoms with E-state index in [1.54, 1.807) is 18.3 Å². The van der Waals surface area contributed by atoms with Gasteiger partial charge in [-0.25, -0.2) is 0 Å². The molecule has 0 radical (unpaired) electrons. The van der Waals surface area contributed by atoms with E-state index in [0.29, 0.717) is 31.8 Å². The molecule has 0 bridgehead atoms. The molecule has 3 aromatic rings. The van der Waals surface area contributed by atoms with Crippen LogP contribution in [0.1, 0.15) is 49.7 Å². The number of H-pyrrole nitrogens is 1. The van der Waals surface area contributed by atoms with Crippen LogP contribution in [0.15, 0.2) is 48.7 Å². The molecule has 5 nitrogen and oxygen atoms in total. The maximum Gasteiger partial charge on any atom is 0.416 e. The van der Waals surface area contributed by atoms with E-state index < -0.39 is 17.2 Å². The number of ether oxygens (including phenoxy) is 2. The molecule has 2 N–H and O–H groups in total. The van der Waals surface area contributed by atoms with Crippen LogP contribution in [0.2, 0.25) is 0 Å². The zero-order valence-electron chi connectivity index (χ0n) is 18.9. The molecule has 1 aliphatic heterocycles. The van der Waals surface area contributed by atoms with Crippen molar-refractivity contribution in [1.29, 1.82) is 0 Å². The number of carbonyl (C=O) groups excluding carboxylic acids is 1. The van der Waals surface area contributed by atoms with E-state index in [4.69, 9.17) is 9.47 Å². The zero-order valence-corrected chi connectivity index (χ0v) is 18.9. The SMILES string of the molecule is CC1(C(=O)Nc2c[nH]c3ccc(O[C@H]4C[C@H](c5ccc(C(F)(F)F)cc5)C4)cc23)CCOCC1. The molecule has 1 aliphatic carbocycles. The molecule has 0 spiro atoms. The summed E-state index contributed by atoms with van der Waals surface area (Å²) in [7, 11) is 0. The fourth-order valence-electron chi connectivity index (χ4n) is 4.67. The Morgan fingerprint density at radius 2 is 1.82 bits per heavy atom. The quantitative estimate of drug-likeness (QED) is 0.460. The van der Waals surface area contributed by atoms with Gasteiger partial charge in [0.2, 0.25) is 5.91 Å². The lowest BCUT2D eigenvalue weighted by molar-refractivity contribution is -0.137. The summed E-state index contributed by atoms with van der Waals surface area (Å²) in [6.45, 7) is 3.15. The molecule has 2 aromatic carbocycles. The fraction of sp³-hybridized carbons (Fsp3) is 0.423. The molecular weight excluding hydrogens is 445 g/mol. The summed E-state index contributed by atoms with van der Waals surface area (Å²) in [5.41, 5.74) is 1.44. The van der Waals surface area contributed by atoms with Crippen LogP contribution in [0.5, 0.6) is 5.75 Å². The van der Waals surface area contributed by atoms with Crippen molar-refractivity contribution in [3.8, 4) is 5.75 Å². The van der Waals surface area contributed by atoms with Gasteiger partial charge in [0.15, 0.2) is 0 Å². The van der Waals surface area contributed by atoms with Crippen molar-refractivity contribution in [3.05, 3.63) is 59.8 Å². The smallest absolute Gasteiger partial charge is 0.416 e. The average molecular weight is 473 g/mol. The maximum atomic E-state index is 12.9. The van der Waals surface area contributed by atoms with Crippen molar-refractivity contribution < 1.29 is 27.4 Å². The summed E-state index contributed by atoms with van der Waals surface area (Å²) in [6, 6.07) is 11.1. The van der Waals surface area contributed by atoms with Crippen molar-refractivity contribution in [2.24, 2.45) is 5.41 Å². The zero-order chi connectivity index (χ0) is 23.9. The number of amides is 1. The molecule has 180 valence electrons. The summed E-state index contributed by atoms with van der Waals surface area (Å²) in [4.78, 5) is 16.1. The lowest BCUT2D eigenvalue weighted by Crippen LogP contribution is -2.38. The molecule has 2 heterocycles. The minimum absolute atomic E-state index is 0.00266. The Kier molecular flexibility index (Phi) is 5.80. The van der Waals surface area contributed by atoms with Crippen LogP contribution in [0, 0.1) is 5.41 Å². The van der Waals surface area contributed by atoms with Crippen molar-refractivity contribution in [2.75, 3.05) is 18.5 Å². The molecule has 34 heavy (non-hydrogen) atoms. The van der Waals surface area contributed by atoms with E-state index in [2.05, 4.69) is 10.3 Å². The third kappa shape index (κ3) is 4.51. The van der Waals surface area contributed by atoms with Crippen LogP contribution in [-0.4, -0.2) is 30.2 Å². The predicted octanol–water partition coefficient (Wildman–Crippen LogP) is 6.27. The van der Waals surface area contributed by atoms with Gasteiger partial charge in [0.25, 0.3) is 0 Å². The van der Waals surface area contributed by atoms with Crippen molar-refractivity contribution >= 4 is 22.5 Å². The lowest BCUT2D eigenvalue weighted by atomic mass is 9.77. The normalized spacial score (nSPS) is 22.2. The van der Waals surface area contributed by atoms with Crippen molar-refractivity contribution in [3.63, 3.8) is 0 Å². The van der Waals surface area contributed by atoms with E-state index in [1.165, 1.54) is 0 Å². The average Bonchev–Trinajstić information content (AvgIpc) is 3.18. The minimum Gasteiger partial charge on any atom is -0.490 e. The topological polar surface area (TPSA) is 63.4 Å². The molecule has 2 fully saturated rings. The van der Waals surface area contributed by atoms with Crippen LogP contribution in [0.25, 0.3) is 10.9 Å². The van der Waals surface area contributed by atoms with E-state index in [1.807, 2.05) is 25.1 Å². The Balaban J connectivity index is 1.22. The van der Waals surface area contributed by atoms with E-state index in [0.717, 1.165) is 47.1 Å². The first-order valence-electron chi connectivity index (χ1n) is 11.6. The van der Waals surface area contributed by atoms with Crippen LogP contribution < -0.4 is 10.1 Å². The third-order valence-corrected chi connectivity index (χ3v) is 7.15. The molecule has 0 unspecified atom stereocenters. The Labute approximate surface area is 195 Å². The van der Waals surface area contributed by atoms with Gasteiger partial charge in [0.05, 0.1) is 22.8 Å². The van der Waals surface area contributed by atoms with Gasteiger partial charge in [-0.3, -0.25) is 4.79 Å². The molecule has 1 aromatic heterocycles. The molecule has 1 saturated carbocycles. The van der Waals surface area contributed by atoms with Gasteiger partial charge in [-0.15, -0.1) is 0 Å². The van der Waals surface area contributed by atoms with Gasteiger partial charge < -0.3 is 19.8 Å². The number of rotatable bonds is 5. The summed E-state index contributed by atoms with van der Waals surface area (Å²) >= 11 is 0.